The minimum absolute atomic E-state index is 0.362. The normalized spacial score (nSPS) is 23.0. The number of aliphatic hydroxyl groups excluding tert-OH is 2. The zero-order valence-electron chi connectivity index (χ0n) is 17.8. The van der Waals surface area contributed by atoms with Crippen LogP contribution >= 0.6 is 0 Å². The molecule has 1 fully saturated rings. The van der Waals surface area contributed by atoms with Crippen molar-refractivity contribution in [1.29, 1.82) is 0 Å². The van der Waals surface area contributed by atoms with Gasteiger partial charge in [-0.25, -0.2) is 0 Å². The van der Waals surface area contributed by atoms with Crippen LogP contribution in [0.4, 0.5) is 0 Å². The van der Waals surface area contributed by atoms with Crippen molar-refractivity contribution in [3.63, 3.8) is 0 Å². The number of β-amino-alcohol motifs (C(OH)–C–C–N with tert-alkyl or cyclic N) is 1. The maximum Gasteiger partial charge on any atom is 0.161 e. The van der Waals surface area contributed by atoms with Gasteiger partial charge in [-0.1, -0.05) is 6.07 Å². The van der Waals surface area contributed by atoms with Crippen LogP contribution in [0.2, 0.25) is 0 Å². The summed E-state index contributed by atoms with van der Waals surface area (Å²) >= 11 is 0. The molecule has 0 radical (unpaired) electrons. The highest BCUT2D eigenvalue weighted by atomic mass is 16.6. The topological polar surface area (TPSA) is 80.6 Å². The van der Waals surface area contributed by atoms with Crippen LogP contribution in [0.15, 0.2) is 36.4 Å². The number of rotatable bonds is 4. The van der Waals surface area contributed by atoms with Crippen molar-refractivity contribution in [2.75, 3.05) is 40.0 Å². The second kappa shape index (κ2) is 8.22. The fraction of sp³-hybridized carbons (Fsp3) is 0.500. The lowest BCUT2D eigenvalue weighted by atomic mass is 9.81. The van der Waals surface area contributed by atoms with Gasteiger partial charge in [0.05, 0.1) is 19.3 Å². The number of ether oxygens (including phenoxy) is 4. The van der Waals surface area contributed by atoms with Gasteiger partial charge in [0.1, 0.15) is 30.3 Å². The molecule has 2 N–H and O–H groups in total. The second-order valence-electron chi connectivity index (χ2n) is 8.63. The molecule has 5 rings (SSSR count). The minimum Gasteiger partial charge on any atom is -0.497 e. The molecule has 7 nitrogen and oxygen atoms in total. The smallest absolute Gasteiger partial charge is 0.161 e. The van der Waals surface area contributed by atoms with E-state index in [4.69, 9.17) is 18.9 Å². The van der Waals surface area contributed by atoms with Crippen molar-refractivity contribution < 1.29 is 29.2 Å². The molecule has 166 valence electrons. The summed E-state index contributed by atoms with van der Waals surface area (Å²) in [6, 6.07) is 11.2. The lowest BCUT2D eigenvalue weighted by Crippen LogP contribution is -2.51. The number of benzene rings is 2. The van der Waals surface area contributed by atoms with Gasteiger partial charge in [-0.05, 0) is 48.7 Å². The zero-order valence-corrected chi connectivity index (χ0v) is 17.8. The van der Waals surface area contributed by atoms with Crippen molar-refractivity contribution in [2.45, 2.75) is 37.1 Å². The number of piperidine rings is 1. The number of fused-ring (bicyclic) bond motifs is 2. The summed E-state index contributed by atoms with van der Waals surface area (Å²) in [6.45, 7) is 3.24. The molecule has 0 amide bonds. The van der Waals surface area contributed by atoms with Gasteiger partial charge in [0.25, 0.3) is 0 Å². The summed E-state index contributed by atoms with van der Waals surface area (Å²) in [6.07, 6.45) is 1.03. The highest BCUT2D eigenvalue weighted by Gasteiger charge is 2.43. The molecule has 31 heavy (non-hydrogen) atoms. The van der Waals surface area contributed by atoms with Crippen LogP contribution in [0.1, 0.15) is 42.6 Å². The Morgan fingerprint density at radius 2 is 1.81 bits per heavy atom. The SMILES string of the molecule is COc1ccc2c(c1)[C@@H](O)CC1(CCN(C[C@@H](O)c3ccc4c(c3)OCCO4)CC1)O2. The first-order valence-corrected chi connectivity index (χ1v) is 10.9. The molecule has 3 heterocycles. The third-order valence-electron chi connectivity index (χ3n) is 6.62. The van der Waals surface area contributed by atoms with E-state index in [9.17, 15) is 10.2 Å². The van der Waals surface area contributed by atoms with Crippen molar-refractivity contribution >= 4 is 0 Å². The van der Waals surface area contributed by atoms with E-state index in [1.165, 1.54) is 0 Å². The summed E-state index contributed by atoms with van der Waals surface area (Å²) < 4.78 is 22.9. The van der Waals surface area contributed by atoms with Crippen LogP contribution < -0.4 is 18.9 Å². The third kappa shape index (κ3) is 4.05. The molecule has 2 atom stereocenters. The third-order valence-corrected chi connectivity index (χ3v) is 6.62. The molecule has 7 heteroatoms. The molecule has 0 unspecified atom stereocenters. The fourth-order valence-corrected chi connectivity index (χ4v) is 4.81. The molecular weight excluding hydrogens is 398 g/mol. The lowest BCUT2D eigenvalue weighted by Gasteiger charge is -2.46. The first-order chi connectivity index (χ1) is 15.0. The largest absolute Gasteiger partial charge is 0.497 e. The Labute approximate surface area is 182 Å². The van der Waals surface area contributed by atoms with Crippen LogP contribution in [0, 0.1) is 0 Å². The summed E-state index contributed by atoms with van der Waals surface area (Å²) in [7, 11) is 1.62. The second-order valence-corrected chi connectivity index (χ2v) is 8.63. The maximum atomic E-state index is 10.8. The highest BCUT2D eigenvalue weighted by molar-refractivity contribution is 5.45. The molecule has 0 aliphatic carbocycles. The number of hydrogen-bond donors (Lipinski definition) is 2. The quantitative estimate of drug-likeness (QED) is 0.777. The standard InChI is InChI=1S/C24H29NO6/c1-28-17-3-5-21-18(13-17)19(26)14-24(31-21)6-8-25(9-7-24)15-20(27)16-2-4-22-23(12-16)30-11-10-29-22/h2-5,12-13,19-20,26-27H,6-11,14-15H2,1H3/t19-,20+/m0/s1. The van der Waals surface area contributed by atoms with Gasteiger partial charge in [0.2, 0.25) is 0 Å². The number of aliphatic hydroxyl groups is 2. The van der Waals surface area contributed by atoms with E-state index < -0.39 is 12.2 Å². The van der Waals surface area contributed by atoms with Crippen molar-refractivity contribution in [2.24, 2.45) is 0 Å². The summed E-state index contributed by atoms with van der Waals surface area (Å²) in [5.74, 6) is 2.89. The Kier molecular flexibility index (Phi) is 5.42. The van der Waals surface area contributed by atoms with Gasteiger partial charge in [0.15, 0.2) is 11.5 Å². The average Bonchev–Trinajstić information content (AvgIpc) is 2.80. The van der Waals surface area contributed by atoms with E-state index in [2.05, 4.69) is 4.90 Å². The van der Waals surface area contributed by atoms with Crippen LogP contribution in [0.5, 0.6) is 23.0 Å². The Balaban J connectivity index is 1.21. The van der Waals surface area contributed by atoms with Gasteiger partial charge in [-0.15, -0.1) is 0 Å². The van der Waals surface area contributed by atoms with Crippen LogP contribution in [0.3, 0.4) is 0 Å². The van der Waals surface area contributed by atoms with Gasteiger partial charge in [0, 0.05) is 31.6 Å². The Morgan fingerprint density at radius 1 is 1.06 bits per heavy atom. The Morgan fingerprint density at radius 3 is 2.58 bits per heavy atom. The molecule has 3 aliphatic rings. The predicted molar refractivity (Wildman–Crippen MR) is 114 cm³/mol. The number of likely N-dealkylation sites (tertiary alicyclic amines) is 1. The maximum absolute atomic E-state index is 10.8. The minimum atomic E-state index is -0.601. The average molecular weight is 427 g/mol. The van der Waals surface area contributed by atoms with Gasteiger partial charge >= 0.3 is 0 Å². The lowest BCUT2D eigenvalue weighted by molar-refractivity contribution is -0.0588. The number of methoxy groups -OCH3 is 1. The number of nitrogens with zero attached hydrogens (tertiary/aromatic N) is 1. The van der Waals surface area contributed by atoms with E-state index in [0.717, 1.165) is 54.3 Å². The van der Waals surface area contributed by atoms with E-state index in [0.29, 0.717) is 31.9 Å². The molecule has 0 bridgehead atoms. The molecule has 0 aromatic heterocycles. The molecule has 2 aromatic carbocycles. The summed E-state index contributed by atoms with van der Waals surface area (Å²) in [5.41, 5.74) is 1.26. The Hall–Kier alpha value is -2.48. The highest BCUT2D eigenvalue weighted by Crippen LogP contribution is 2.45. The molecule has 0 saturated carbocycles. The van der Waals surface area contributed by atoms with Crippen LogP contribution in [0.25, 0.3) is 0 Å². The van der Waals surface area contributed by atoms with E-state index in [1.807, 2.05) is 36.4 Å². The van der Waals surface area contributed by atoms with Crippen molar-refractivity contribution in [3.8, 4) is 23.0 Å². The van der Waals surface area contributed by atoms with Crippen LogP contribution in [-0.2, 0) is 0 Å². The number of hydrogen-bond acceptors (Lipinski definition) is 7. The Bertz CT molecular complexity index is 940. The molecule has 1 saturated heterocycles. The van der Waals surface area contributed by atoms with Crippen molar-refractivity contribution in [3.05, 3.63) is 47.5 Å². The van der Waals surface area contributed by atoms with Gasteiger partial charge in [-0.3, -0.25) is 0 Å². The van der Waals surface area contributed by atoms with E-state index in [-0.39, 0.29) is 5.60 Å². The molecule has 1 spiro atoms. The summed E-state index contributed by atoms with van der Waals surface area (Å²) in [5, 5.41) is 21.5. The molecule has 2 aromatic rings. The zero-order chi connectivity index (χ0) is 21.4. The predicted octanol–water partition coefficient (Wildman–Crippen LogP) is 2.85. The van der Waals surface area contributed by atoms with E-state index in [1.54, 1.807) is 7.11 Å². The van der Waals surface area contributed by atoms with Gasteiger partial charge < -0.3 is 34.1 Å². The fourth-order valence-electron chi connectivity index (χ4n) is 4.81. The first-order valence-electron chi connectivity index (χ1n) is 10.9. The molecule has 3 aliphatic heterocycles. The summed E-state index contributed by atoms with van der Waals surface area (Å²) in [4.78, 5) is 2.26. The van der Waals surface area contributed by atoms with Gasteiger partial charge in [-0.2, -0.15) is 0 Å². The van der Waals surface area contributed by atoms with E-state index >= 15 is 0 Å². The first kappa shape index (κ1) is 20.4. The van der Waals surface area contributed by atoms with Crippen molar-refractivity contribution in [1.82, 2.24) is 4.90 Å². The van der Waals surface area contributed by atoms with Crippen LogP contribution in [-0.4, -0.2) is 60.7 Å². The monoisotopic (exact) mass is 427 g/mol. The molecular formula is C24H29NO6.